The molecule has 0 bridgehead atoms. The molecule has 1 aromatic rings. The molecule has 0 unspecified atom stereocenters. The Morgan fingerprint density at radius 3 is 3.07 bits per heavy atom. The van der Waals surface area contributed by atoms with E-state index in [9.17, 15) is 0 Å². The van der Waals surface area contributed by atoms with Gasteiger partial charge in [-0.05, 0) is 12.7 Å². The Labute approximate surface area is 87.6 Å². The van der Waals surface area contributed by atoms with Crippen molar-refractivity contribution in [3.05, 3.63) is 18.7 Å². The Bertz CT molecular complexity index is 317. The highest BCUT2D eigenvalue weighted by atomic mass is 32.2. The fourth-order valence-corrected chi connectivity index (χ4v) is 1.21. The number of thioether (sulfide) groups is 1. The quantitative estimate of drug-likeness (QED) is 0.348. The molecule has 1 rings (SSSR count). The van der Waals surface area contributed by atoms with E-state index >= 15 is 0 Å². The van der Waals surface area contributed by atoms with Crippen molar-refractivity contribution in [3.8, 4) is 5.88 Å². The van der Waals surface area contributed by atoms with Crippen LogP contribution in [0.2, 0.25) is 0 Å². The number of hydrogen-bond acceptors (Lipinski definition) is 5. The first-order valence-electron chi connectivity index (χ1n) is 4.18. The van der Waals surface area contributed by atoms with E-state index < -0.39 is 0 Å². The van der Waals surface area contributed by atoms with E-state index in [0.29, 0.717) is 23.5 Å². The Morgan fingerprint density at radius 2 is 2.43 bits per heavy atom. The minimum Gasteiger partial charge on any atom is -0.477 e. The van der Waals surface area contributed by atoms with Crippen molar-refractivity contribution < 1.29 is 4.74 Å². The molecule has 0 aromatic carbocycles. The van der Waals surface area contributed by atoms with Gasteiger partial charge in [-0.15, -0.1) is 6.58 Å². The summed E-state index contributed by atoms with van der Waals surface area (Å²) in [4.78, 5) is 8.15. The van der Waals surface area contributed by atoms with Gasteiger partial charge in [0.2, 0.25) is 5.88 Å². The molecule has 0 aliphatic rings. The number of rotatable bonds is 5. The molecule has 0 aliphatic heterocycles. The maximum absolute atomic E-state index is 5.57. The average molecular weight is 211 g/mol. The highest BCUT2D eigenvalue weighted by Crippen LogP contribution is 2.16. The molecule has 0 saturated heterocycles. The molecule has 76 valence electrons. The Hall–Kier alpha value is -1.23. The molecule has 0 fully saturated rings. The molecular weight excluding hydrogens is 198 g/mol. The molecule has 0 amide bonds. The van der Waals surface area contributed by atoms with Gasteiger partial charge in [0.1, 0.15) is 5.82 Å². The van der Waals surface area contributed by atoms with Crippen molar-refractivity contribution in [2.24, 2.45) is 0 Å². The average Bonchev–Trinajstić information content (AvgIpc) is 2.17. The lowest BCUT2D eigenvalue weighted by Gasteiger charge is -2.05. The highest BCUT2D eigenvalue weighted by molar-refractivity contribution is 7.98. The van der Waals surface area contributed by atoms with E-state index in [1.165, 1.54) is 11.8 Å². The van der Waals surface area contributed by atoms with Crippen LogP contribution in [0.25, 0.3) is 0 Å². The van der Waals surface area contributed by atoms with Gasteiger partial charge in [0.15, 0.2) is 5.16 Å². The van der Waals surface area contributed by atoms with Crippen LogP contribution in [0.4, 0.5) is 5.82 Å². The largest absolute Gasteiger partial charge is 0.477 e. The zero-order valence-electron chi connectivity index (χ0n) is 8.06. The minimum absolute atomic E-state index is 0.429. The number of nitrogens with two attached hydrogens (primary N) is 1. The predicted octanol–water partition coefficient (Wildman–Crippen LogP) is 1.74. The molecule has 1 aromatic heterocycles. The van der Waals surface area contributed by atoms with Gasteiger partial charge in [0.25, 0.3) is 0 Å². The van der Waals surface area contributed by atoms with Gasteiger partial charge in [-0.2, -0.15) is 4.98 Å². The van der Waals surface area contributed by atoms with E-state index in [1.54, 1.807) is 12.1 Å². The summed E-state index contributed by atoms with van der Waals surface area (Å²) in [6.07, 6.45) is 4.47. The first kappa shape index (κ1) is 10.8. The second kappa shape index (κ2) is 5.49. The van der Waals surface area contributed by atoms with E-state index in [1.807, 2.05) is 6.26 Å². The fraction of sp³-hybridized carbons (Fsp3) is 0.333. The summed E-state index contributed by atoms with van der Waals surface area (Å²) in [7, 11) is 0. The van der Waals surface area contributed by atoms with E-state index in [-0.39, 0.29) is 0 Å². The van der Waals surface area contributed by atoms with Crippen LogP contribution in [0, 0.1) is 0 Å². The third kappa shape index (κ3) is 3.26. The van der Waals surface area contributed by atoms with Crippen molar-refractivity contribution in [2.75, 3.05) is 18.6 Å². The summed E-state index contributed by atoms with van der Waals surface area (Å²) in [6.45, 7) is 4.16. The zero-order valence-corrected chi connectivity index (χ0v) is 8.88. The van der Waals surface area contributed by atoms with Crippen LogP contribution in [-0.2, 0) is 0 Å². The zero-order chi connectivity index (χ0) is 10.4. The van der Waals surface area contributed by atoms with Gasteiger partial charge in [-0.1, -0.05) is 17.8 Å². The van der Waals surface area contributed by atoms with Gasteiger partial charge in [-0.25, -0.2) is 4.98 Å². The number of nitrogen functional groups attached to an aromatic ring is 1. The third-order valence-corrected chi connectivity index (χ3v) is 2.00. The van der Waals surface area contributed by atoms with Crippen molar-refractivity contribution in [1.29, 1.82) is 0 Å². The summed E-state index contributed by atoms with van der Waals surface area (Å²) in [5.74, 6) is 0.946. The molecule has 1 heterocycles. The predicted molar refractivity (Wildman–Crippen MR) is 58.5 cm³/mol. The monoisotopic (exact) mass is 211 g/mol. The molecule has 2 N–H and O–H groups in total. The van der Waals surface area contributed by atoms with Crippen LogP contribution < -0.4 is 10.5 Å². The van der Waals surface area contributed by atoms with Gasteiger partial charge in [-0.3, -0.25) is 0 Å². The van der Waals surface area contributed by atoms with Crippen molar-refractivity contribution in [3.63, 3.8) is 0 Å². The number of aromatic nitrogens is 2. The van der Waals surface area contributed by atoms with E-state index in [4.69, 9.17) is 10.5 Å². The molecular formula is C9H13N3OS. The van der Waals surface area contributed by atoms with Crippen molar-refractivity contribution in [2.45, 2.75) is 11.6 Å². The molecule has 5 heteroatoms. The number of nitrogens with zero attached hydrogens (tertiary/aromatic N) is 2. The summed E-state index contributed by atoms with van der Waals surface area (Å²) in [5, 5.41) is 0.624. The highest BCUT2D eigenvalue weighted by Gasteiger charge is 2.01. The maximum atomic E-state index is 5.57. The van der Waals surface area contributed by atoms with Crippen LogP contribution in [0.5, 0.6) is 5.88 Å². The maximum Gasteiger partial charge on any atom is 0.219 e. The molecule has 14 heavy (non-hydrogen) atoms. The molecule has 0 spiro atoms. The summed E-state index contributed by atoms with van der Waals surface area (Å²) in [6, 6.07) is 1.61. The smallest absolute Gasteiger partial charge is 0.219 e. The lowest BCUT2D eigenvalue weighted by atomic mass is 10.4. The first-order chi connectivity index (χ1) is 6.76. The summed E-state index contributed by atoms with van der Waals surface area (Å²) < 4.78 is 5.35. The lowest BCUT2D eigenvalue weighted by molar-refractivity contribution is 0.309. The number of hydrogen-bond donors (Lipinski definition) is 1. The third-order valence-electron chi connectivity index (χ3n) is 1.46. The first-order valence-corrected chi connectivity index (χ1v) is 5.41. The van der Waals surface area contributed by atoms with Gasteiger partial charge in [0.05, 0.1) is 6.61 Å². The molecule has 0 atom stereocenters. The van der Waals surface area contributed by atoms with Crippen LogP contribution in [-0.4, -0.2) is 22.8 Å². The van der Waals surface area contributed by atoms with Gasteiger partial charge < -0.3 is 10.5 Å². The Balaban J connectivity index is 2.66. The van der Waals surface area contributed by atoms with Crippen molar-refractivity contribution >= 4 is 17.6 Å². The van der Waals surface area contributed by atoms with Crippen LogP contribution in [0.1, 0.15) is 6.42 Å². The fourth-order valence-electron chi connectivity index (χ4n) is 0.833. The van der Waals surface area contributed by atoms with E-state index in [2.05, 4.69) is 16.5 Å². The number of ether oxygens (including phenoxy) is 1. The molecule has 0 radical (unpaired) electrons. The van der Waals surface area contributed by atoms with Crippen molar-refractivity contribution in [1.82, 2.24) is 9.97 Å². The van der Waals surface area contributed by atoms with Crippen LogP contribution >= 0.6 is 11.8 Å². The lowest BCUT2D eigenvalue weighted by Crippen LogP contribution is -2.01. The topological polar surface area (TPSA) is 61.0 Å². The minimum atomic E-state index is 0.429. The van der Waals surface area contributed by atoms with Crippen LogP contribution in [0.15, 0.2) is 23.9 Å². The van der Waals surface area contributed by atoms with Gasteiger partial charge >= 0.3 is 0 Å². The second-order valence-corrected chi connectivity index (χ2v) is 3.32. The standard InChI is InChI=1S/C9H13N3OS/c1-3-4-5-13-8-6-7(10)11-9(12-8)14-2/h3,6H,1,4-5H2,2H3,(H2,10,11,12). The SMILES string of the molecule is C=CCCOc1cc(N)nc(SC)n1. The second-order valence-electron chi connectivity index (χ2n) is 2.54. The number of anilines is 1. The molecule has 0 saturated carbocycles. The normalized spacial score (nSPS) is 9.79. The van der Waals surface area contributed by atoms with Crippen LogP contribution in [0.3, 0.4) is 0 Å². The van der Waals surface area contributed by atoms with Gasteiger partial charge in [0, 0.05) is 6.07 Å². The molecule has 4 nitrogen and oxygen atoms in total. The summed E-state index contributed by atoms with van der Waals surface area (Å²) >= 11 is 1.43. The Kier molecular flexibility index (Phi) is 4.25. The Morgan fingerprint density at radius 1 is 1.64 bits per heavy atom. The molecule has 0 aliphatic carbocycles. The van der Waals surface area contributed by atoms with E-state index in [0.717, 1.165) is 6.42 Å². The summed E-state index contributed by atoms with van der Waals surface area (Å²) in [5.41, 5.74) is 5.57.